The van der Waals surface area contributed by atoms with Crippen molar-refractivity contribution in [3.05, 3.63) is 53.3 Å². The van der Waals surface area contributed by atoms with Gasteiger partial charge in [0, 0.05) is 12.1 Å². The molecule has 0 N–H and O–H groups in total. The van der Waals surface area contributed by atoms with Crippen molar-refractivity contribution in [2.24, 2.45) is 0 Å². The summed E-state index contributed by atoms with van der Waals surface area (Å²) in [6, 6.07) is 9.63. The van der Waals surface area contributed by atoms with E-state index in [-0.39, 0.29) is 5.91 Å². The highest BCUT2D eigenvalue weighted by atomic mass is 32.1. The minimum atomic E-state index is -0.430. The lowest BCUT2D eigenvalue weighted by atomic mass is 10.2. The molecule has 1 heterocycles. The number of aromatic nitrogens is 1. The van der Waals surface area contributed by atoms with Crippen LogP contribution in [0.2, 0.25) is 0 Å². The minimum Gasteiger partial charge on any atom is -0.494 e. The third-order valence-corrected chi connectivity index (χ3v) is 5.66. The second kappa shape index (κ2) is 8.67. The first-order valence-corrected chi connectivity index (χ1v) is 9.88. The van der Waals surface area contributed by atoms with Gasteiger partial charge in [-0.2, -0.15) is 0 Å². The van der Waals surface area contributed by atoms with Gasteiger partial charge in [0.2, 0.25) is 0 Å². The van der Waals surface area contributed by atoms with Crippen LogP contribution in [-0.4, -0.2) is 50.1 Å². The van der Waals surface area contributed by atoms with Gasteiger partial charge in [-0.1, -0.05) is 23.5 Å². The quantitative estimate of drug-likeness (QED) is 0.590. The molecule has 0 aliphatic rings. The maximum Gasteiger partial charge on any atom is 0.260 e. The summed E-state index contributed by atoms with van der Waals surface area (Å²) in [5.74, 6) is -0.00983. The van der Waals surface area contributed by atoms with Crippen molar-refractivity contribution in [3.8, 4) is 5.75 Å². The summed E-state index contributed by atoms with van der Waals surface area (Å²) in [6.45, 7) is 3.34. The van der Waals surface area contributed by atoms with Crippen molar-refractivity contribution < 1.29 is 13.9 Å². The van der Waals surface area contributed by atoms with E-state index in [0.29, 0.717) is 23.0 Å². The Bertz CT molecular complexity index is 987. The van der Waals surface area contributed by atoms with E-state index in [2.05, 4.69) is 4.90 Å². The number of hydrogen-bond donors (Lipinski definition) is 0. The van der Waals surface area contributed by atoms with Crippen molar-refractivity contribution in [3.63, 3.8) is 0 Å². The minimum absolute atomic E-state index is 0.256. The number of nitrogens with zero attached hydrogens (tertiary/aromatic N) is 3. The van der Waals surface area contributed by atoms with Crippen molar-refractivity contribution >= 4 is 32.6 Å². The number of carbonyl (C=O) groups excluding carboxylic acids is 1. The summed E-state index contributed by atoms with van der Waals surface area (Å²) >= 11 is 1.45. The van der Waals surface area contributed by atoms with Gasteiger partial charge in [-0.3, -0.25) is 9.69 Å². The summed E-state index contributed by atoms with van der Waals surface area (Å²) in [4.78, 5) is 21.6. The van der Waals surface area contributed by atoms with Gasteiger partial charge in [-0.05, 0) is 63.8 Å². The fourth-order valence-corrected chi connectivity index (χ4v) is 4.06. The van der Waals surface area contributed by atoms with E-state index in [1.54, 1.807) is 24.1 Å². The average Bonchev–Trinajstić information content (AvgIpc) is 3.11. The zero-order chi connectivity index (χ0) is 20.3. The van der Waals surface area contributed by atoms with Crippen LogP contribution in [0.25, 0.3) is 10.2 Å². The number of carbonyl (C=O) groups is 1. The maximum absolute atomic E-state index is 13.7. The molecule has 1 amide bonds. The number of anilines is 1. The molecule has 0 fully saturated rings. The van der Waals surface area contributed by atoms with Crippen LogP contribution in [0.3, 0.4) is 0 Å². The number of methoxy groups -OCH3 is 1. The Morgan fingerprint density at radius 2 is 2.00 bits per heavy atom. The Kier molecular flexibility index (Phi) is 6.26. The standard InChI is InChI=1S/C21H24FN3O2S/c1-14-9-10-17(27-4)18-19(14)28-21(23-18)25(12-6-11-24(2)3)20(26)15-7-5-8-16(22)13-15/h5,7-10,13H,6,11-12H2,1-4H3. The lowest BCUT2D eigenvalue weighted by Gasteiger charge is -2.21. The Hall–Kier alpha value is -2.51. The van der Waals surface area contributed by atoms with E-state index in [9.17, 15) is 9.18 Å². The van der Waals surface area contributed by atoms with Crippen LogP contribution in [0.4, 0.5) is 9.52 Å². The summed E-state index contributed by atoms with van der Waals surface area (Å²) in [5.41, 5.74) is 2.13. The smallest absolute Gasteiger partial charge is 0.260 e. The van der Waals surface area contributed by atoms with Crippen LogP contribution >= 0.6 is 11.3 Å². The maximum atomic E-state index is 13.7. The number of fused-ring (bicyclic) bond motifs is 1. The fraction of sp³-hybridized carbons (Fsp3) is 0.333. The van der Waals surface area contributed by atoms with Crippen molar-refractivity contribution in [2.75, 3.05) is 39.2 Å². The van der Waals surface area contributed by atoms with Gasteiger partial charge in [0.05, 0.1) is 11.8 Å². The van der Waals surface area contributed by atoms with Gasteiger partial charge >= 0.3 is 0 Å². The van der Waals surface area contributed by atoms with E-state index in [0.717, 1.165) is 28.7 Å². The van der Waals surface area contributed by atoms with Crippen molar-refractivity contribution in [1.29, 1.82) is 0 Å². The van der Waals surface area contributed by atoms with Gasteiger partial charge in [0.15, 0.2) is 5.13 Å². The first-order valence-electron chi connectivity index (χ1n) is 9.07. The second-order valence-electron chi connectivity index (χ2n) is 6.88. The zero-order valence-electron chi connectivity index (χ0n) is 16.5. The Morgan fingerprint density at radius 3 is 2.68 bits per heavy atom. The molecule has 0 saturated carbocycles. The Morgan fingerprint density at radius 1 is 1.21 bits per heavy atom. The molecule has 0 unspecified atom stereocenters. The first-order chi connectivity index (χ1) is 13.4. The lowest BCUT2D eigenvalue weighted by Crippen LogP contribution is -2.33. The first kappa shape index (κ1) is 20.2. The van der Waals surface area contributed by atoms with Gasteiger partial charge in [-0.15, -0.1) is 0 Å². The summed E-state index contributed by atoms with van der Waals surface area (Å²) < 4.78 is 20.1. The van der Waals surface area contributed by atoms with E-state index in [1.807, 2.05) is 33.2 Å². The van der Waals surface area contributed by atoms with Crippen LogP contribution < -0.4 is 9.64 Å². The van der Waals surface area contributed by atoms with E-state index >= 15 is 0 Å². The fourth-order valence-electron chi connectivity index (χ4n) is 2.99. The van der Waals surface area contributed by atoms with Crippen LogP contribution in [0.5, 0.6) is 5.75 Å². The third-order valence-electron chi connectivity index (χ3n) is 4.45. The van der Waals surface area contributed by atoms with Crippen LogP contribution in [-0.2, 0) is 0 Å². The van der Waals surface area contributed by atoms with Crippen LogP contribution in [0, 0.1) is 12.7 Å². The number of hydrogen-bond acceptors (Lipinski definition) is 5. The third kappa shape index (κ3) is 4.31. The molecule has 0 spiro atoms. The second-order valence-corrected chi connectivity index (χ2v) is 7.86. The molecule has 7 heteroatoms. The number of benzene rings is 2. The predicted molar refractivity (Wildman–Crippen MR) is 112 cm³/mol. The highest BCUT2D eigenvalue weighted by Gasteiger charge is 2.23. The topological polar surface area (TPSA) is 45.7 Å². The molecule has 3 aromatic rings. The molecular weight excluding hydrogens is 377 g/mol. The average molecular weight is 402 g/mol. The van der Waals surface area contributed by atoms with E-state index in [1.165, 1.54) is 23.5 Å². The van der Waals surface area contributed by atoms with Crippen molar-refractivity contribution in [1.82, 2.24) is 9.88 Å². The Balaban J connectivity index is 2.02. The molecule has 0 saturated heterocycles. The molecule has 3 rings (SSSR count). The summed E-state index contributed by atoms with van der Waals surface area (Å²) in [7, 11) is 5.59. The molecule has 0 aliphatic heterocycles. The molecular formula is C21H24FN3O2S. The molecule has 1 aromatic heterocycles. The largest absolute Gasteiger partial charge is 0.494 e. The van der Waals surface area contributed by atoms with Gasteiger partial charge in [0.1, 0.15) is 17.1 Å². The molecule has 0 atom stereocenters. The van der Waals surface area contributed by atoms with E-state index < -0.39 is 5.82 Å². The van der Waals surface area contributed by atoms with Gasteiger partial charge in [0.25, 0.3) is 5.91 Å². The summed E-state index contributed by atoms with van der Waals surface area (Å²) in [6.07, 6.45) is 0.778. The number of halogens is 1. The molecule has 0 bridgehead atoms. The molecule has 28 heavy (non-hydrogen) atoms. The van der Waals surface area contributed by atoms with Crippen molar-refractivity contribution in [2.45, 2.75) is 13.3 Å². The number of thiazole rings is 1. The van der Waals surface area contributed by atoms with E-state index in [4.69, 9.17) is 9.72 Å². The molecule has 0 radical (unpaired) electrons. The molecule has 2 aromatic carbocycles. The van der Waals surface area contributed by atoms with Gasteiger partial charge in [-0.25, -0.2) is 9.37 Å². The molecule has 148 valence electrons. The zero-order valence-corrected chi connectivity index (χ0v) is 17.3. The normalized spacial score (nSPS) is 11.2. The summed E-state index contributed by atoms with van der Waals surface area (Å²) in [5, 5.41) is 0.593. The number of amides is 1. The van der Waals surface area contributed by atoms with Crippen LogP contribution in [0.1, 0.15) is 22.3 Å². The number of rotatable bonds is 7. The van der Waals surface area contributed by atoms with Crippen LogP contribution in [0.15, 0.2) is 36.4 Å². The monoisotopic (exact) mass is 401 g/mol. The molecule has 5 nitrogen and oxygen atoms in total. The molecule has 0 aliphatic carbocycles. The predicted octanol–water partition coefficient (Wildman–Crippen LogP) is 4.35. The highest BCUT2D eigenvalue weighted by Crippen LogP contribution is 2.36. The highest BCUT2D eigenvalue weighted by molar-refractivity contribution is 7.22. The number of ether oxygens (including phenoxy) is 1. The van der Waals surface area contributed by atoms with Gasteiger partial charge < -0.3 is 9.64 Å². The lowest BCUT2D eigenvalue weighted by molar-refractivity contribution is 0.0985. The Labute approximate surface area is 168 Å². The SMILES string of the molecule is COc1ccc(C)c2sc(N(CCCN(C)C)C(=O)c3cccc(F)c3)nc12. The number of aryl methyl sites for hydroxylation is 1.